The summed E-state index contributed by atoms with van der Waals surface area (Å²) in [7, 11) is 0. The number of benzene rings is 5. The van der Waals surface area contributed by atoms with Gasteiger partial charge in [-0.15, -0.1) is 0 Å². The van der Waals surface area contributed by atoms with Crippen molar-refractivity contribution in [3.63, 3.8) is 0 Å². The highest BCUT2D eigenvalue weighted by molar-refractivity contribution is 6.12. The molecular weight excluding hydrogens is 645 g/mol. The van der Waals surface area contributed by atoms with Crippen molar-refractivity contribution >= 4 is 27.5 Å². The molecule has 0 radical (unpaired) electrons. The van der Waals surface area contributed by atoms with Crippen LogP contribution in [0.2, 0.25) is 0 Å². The second kappa shape index (κ2) is 11.9. The molecule has 53 heavy (non-hydrogen) atoms. The maximum Gasteiger partial charge on any atom is 0.160 e. The van der Waals surface area contributed by atoms with E-state index in [2.05, 4.69) is 146 Å². The second-order valence-electron chi connectivity index (χ2n) is 14.1. The Labute approximate surface area is 307 Å². The Hall–Kier alpha value is -6.84. The molecule has 2 heterocycles. The van der Waals surface area contributed by atoms with Crippen LogP contribution in [0.15, 0.2) is 209 Å². The first-order chi connectivity index (χ1) is 26.3. The molecule has 0 N–H and O–H groups in total. The zero-order valence-corrected chi connectivity index (χ0v) is 28.8. The first kappa shape index (κ1) is 29.8. The van der Waals surface area contributed by atoms with Crippen molar-refractivity contribution in [1.29, 1.82) is 0 Å². The van der Waals surface area contributed by atoms with Gasteiger partial charge in [0.05, 0.1) is 17.0 Å². The van der Waals surface area contributed by atoms with E-state index in [1.807, 2.05) is 36.4 Å². The third kappa shape index (κ3) is 4.82. The highest BCUT2D eigenvalue weighted by atomic mass is 16.3. The number of allylic oxidation sites excluding steroid dienone is 14. The summed E-state index contributed by atoms with van der Waals surface area (Å²) in [5, 5.41) is 2.15. The van der Waals surface area contributed by atoms with Crippen molar-refractivity contribution in [2.75, 3.05) is 0 Å². The monoisotopic (exact) mass is 676 g/mol. The van der Waals surface area contributed by atoms with E-state index in [9.17, 15) is 0 Å². The van der Waals surface area contributed by atoms with Gasteiger partial charge < -0.3 is 4.42 Å². The topological polar surface area (TPSA) is 38.9 Å². The quantitative estimate of drug-likeness (QED) is 0.182. The molecule has 5 aromatic carbocycles. The van der Waals surface area contributed by atoms with Crippen molar-refractivity contribution in [3.05, 3.63) is 210 Å². The lowest BCUT2D eigenvalue weighted by atomic mass is 9.63. The van der Waals surface area contributed by atoms with Gasteiger partial charge in [-0.05, 0) is 62.8 Å². The van der Waals surface area contributed by atoms with Crippen molar-refractivity contribution in [2.24, 2.45) is 11.8 Å². The van der Waals surface area contributed by atoms with Crippen LogP contribution in [0, 0.1) is 11.8 Å². The van der Waals surface area contributed by atoms with Crippen molar-refractivity contribution in [2.45, 2.75) is 0 Å². The summed E-state index contributed by atoms with van der Waals surface area (Å²) in [6.07, 6.45) is 20.6. The Morgan fingerprint density at radius 3 is 1.98 bits per heavy atom. The fraction of sp³-hybridized carbons (Fsp3) is 0.0400. The predicted molar refractivity (Wildman–Crippen MR) is 217 cm³/mol. The van der Waals surface area contributed by atoms with Gasteiger partial charge in [0.15, 0.2) is 5.82 Å². The number of para-hydroxylation sites is 1. The van der Waals surface area contributed by atoms with Gasteiger partial charge >= 0.3 is 0 Å². The van der Waals surface area contributed by atoms with Crippen LogP contribution in [0.5, 0.6) is 0 Å². The molecule has 2 aromatic heterocycles. The van der Waals surface area contributed by atoms with Crippen LogP contribution < -0.4 is 0 Å². The van der Waals surface area contributed by atoms with Crippen molar-refractivity contribution in [3.8, 4) is 45.0 Å². The largest absolute Gasteiger partial charge is 0.455 e. The number of hydrogen-bond acceptors (Lipinski definition) is 3. The van der Waals surface area contributed by atoms with Crippen LogP contribution in [0.4, 0.5) is 0 Å². The maximum absolute atomic E-state index is 6.73. The maximum atomic E-state index is 6.73. The average molecular weight is 677 g/mol. The molecule has 0 saturated carbocycles. The fourth-order valence-corrected chi connectivity index (χ4v) is 8.63. The van der Waals surface area contributed by atoms with Crippen molar-refractivity contribution < 1.29 is 4.42 Å². The minimum Gasteiger partial charge on any atom is -0.455 e. The second-order valence-corrected chi connectivity index (χ2v) is 14.1. The first-order valence-electron chi connectivity index (χ1n) is 18.2. The SMILES string of the molecule is C1=CC2=CC=C3C=CC(c4ccc(-c5ccc6c(oc7ccccc76)c5-c5cc(-c6ccccc6)nc(-c6ccccc6)n5)cc4)=C4C=CC(=C1)C2C34. The number of hydrogen-bond donors (Lipinski definition) is 0. The predicted octanol–water partition coefficient (Wildman–Crippen LogP) is 12.5. The van der Waals surface area contributed by atoms with Gasteiger partial charge in [0.1, 0.15) is 11.2 Å². The molecule has 0 amide bonds. The Bertz CT molecular complexity index is 2800. The zero-order chi connectivity index (χ0) is 34.9. The van der Waals surface area contributed by atoms with E-state index in [1.54, 1.807) is 0 Å². The molecule has 2 unspecified atom stereocenters. The summed E-state index contributed by atoms with van der Waals surface area (Å²) in [4.78, 5) is 10.4. The fourth-order valence-electron chi connectivity index (χ4n) is 8.63. The highest BCUT2D eigenvalue weighted by Gasteiger charge is 2.38. The van der Waals surface area contributed by atoms with Crippen LogP contribution >= 0.6 is 0 Å². The number of rotatable bonds is 5. The van der Waals surface area contributed by atoms with Crippen LogP contribution in [-0.4, -0.2) is 9.97 Å². The van der Waals surface area contributed by atoms with Crippen LogP contribution in [0.1, 0.15) is 5.56 Å². The Morgan fingerprint density at radius 1 is 0.472 bits per heavy atom. The lowest BCUT2D eigenvalue weighted by Crippen LogP contribution is -2.29. The smallest absolute Gasteiger partial charge is 0.160 e. The van der Waals surface area contributed by atoms with Crippen molar-refractivity contribution in [1.82, 2.24) is 9.97 Å². The number of fused-ring (bicyclic) bond motifs is 3. The van der Waals surface area contributed by atoms with E-state index >= 15 is 0 Å². The molecule has 11 rings (SSSR count). The molecule has 4 aliphatic carbocycles. The summed E-state index contributed by atoms with van der Waals surface area (Å²) in [6.45, 7) is 0. The molecule has 0 spiro atoms. The summed E-state index contributed by atoms with van der Waals surface area (Å²) < 4.78 is 6.73. The van der Waals surface area contributed by atoms with Gasteiger partial charge in [0.2, 0.25) is 0 Å². The molecule has 4 aliphatic rings. The Morgan fingerprint density at radius 2 is 1.15 bits per heavy atom. The van der Waals surface area contributed by atoms with Gasteiger partial charge in [0.25, 0.3) is 0 Å². The van der Waals surface area contributed by atoms with Crippen LogP contribution in [0.25, 0.3) is 72.5 Å². The first-order valence-corrected chi connectivity index (χ1v) is 18.2. The van der Waals surface area contributed by atoms with Gasteiger partial charge in [-0.3, -0.25) is 0 Å². The third-order valence-electron chi connectivity index (χ3n) is 11.1. The molecule has 0 fully saturated rings. The summed E-state index contributed by atoms with van der Waals surface area (Å²) in [6, 6.07) is 44.4. The van der Waals surface area contributed by atoms with E-state index in [0.29, 0.717) is 17.7 Å². The summed E-state index contributed by atoms with van der Waals surface area (Å²) in [5.41, 5.74) is 16.5. The van der Waals surface area contributed by atoms with Gasteiger partial charge in [-0.2, -0.15) is 0 Å². The van der Waals surface area contributed by atoms with E-state index in [4.69, 9.17) is 14.4 Å². The molecule has 248 valence electrons. The number of aromatic nitrogens is 2. The number of nitrogens with zero attached hydrogens (tertiary/aromatic N) is 2. The molecular formula is C50H32N2O. The van der Waals surface area contributed by atoms with Gasteiger partial charge in [-0.1, -0.05) is 164 Å². The van der Waals surface area contributed by atoms with E-state index in [0.717, 1.165) is 61.1 Å². The minimum absolute atomic E-state index is 0.341. The zero-order valence-electron chi connectivity index (χ0n) is 28.8. The highest BCUT2D eigenvalue weighted by Crippen LogP contribution is 2.51. The molecule has 0 bridgehead atoms. The number of furan rings is 1. The minimum atomic E-state index is 0.341. The summed E-state index contributed by atoms with van der Waals surface area (Å²) >= 11 is 0. The molecule has 0 saturated heterocycles. The molecule has 3 nitrogen and oxygen atoms in total. The lowest BCUT2D eigenvalue weighted by molar-refractivity contribution is 0.566. The molecule has 7 aromatic rings. The molecule has 3 heteroatoms. The summed E-state index contributed by atoms with van der Waals surface area (Å²) in [5.74, 6) is 1.40. The lowest BCUT2D eigenvalue weighted by Gasteiger charge is -2.40. The van der Waals surface area contributed by atoms with Gasteiger partial charge in [-0.25, -0.2) is 9.97 Å². The Balaban J connectivity index is 1.09. The third-order valence-corrected chi connectivity index (χ3v) is 11.1. The van der Waals surface area contributed by atoms with Crippen LogP contribution in [-0.2, 0) is 0 Å². The average Bonchev–Trinajstić information content (AvgIpc) is 3.62. The van der Waals surface area contributed by atoms with E-state index in [-0.39, 0.29) is 0 Å². The standard InChI is InChI=1S/C50H32N2O/c1-3-10-33(11-4-1)43-30-44(52-50(51-43)37-12-5-2-6-13-37)48-39(28-29-42-40-16-7-8-17-45(40)53-49(42)48)32-20-18-31(19-21-32)38-26-24-36-23-22-34-14-9-15-35-25-27-41(38)47(36)46(34)35/h1-30,46-47H. The normalized spacial score (nSPS) is 18.2. The van der Waals surface area contributed by atoms with Gasteiger partial charge in [0, 0.05) is 33.7 Å². The van der Waals surface area contributed by atoms with E-state index < -0.39 is 0 Å². The Kier molecular flexibility index (Phi) is 6.68. The molecule has 0 aliphatic heterocycles. The molecule has 2 atom stereocenters. The van der Waals surface area contributed by atoms with E-state index in [1.165, 1.54) is 33.4 Å². The van der Waals surface area contributed by atoms with Crippen LogP contribution in [0.3, 0.4) is 0 Å².